The van der Waals surface area contributed by atoms with E-state index in [0.717, 1.165) is 11.6 Å². The molecule has 0 spiro atoms. The van der Waals surface area contributed by atoms with Crippen LogP contribution in [0, 0.1) is 6.92 Å². The molecule has 3 rings (SSSR count). The number of aromatic nitrogens is 3. The maximum Gasteiger partial charge on any atom is 0.171 e. The fourth-order valence-corrected chi connectivity index (χ4v) is 2.07. The standard InChI is InChI=1S/C13H16N4O/c1-9-15-16-13(17(9)10-6-7-10)8-18-12-5-3-2-4-11(12)14/h2-5,10H,6-8,14H2,1H3. The number of hydrogen-bond acceptors (Lipinski definition) is 4. The summed E-state index contributed by atoms with van der Waals surface area (Å²) >= 11 is 0. The summed E-state index contributed by atoms with van der Waals surface area (Å²) in [6, 6.07) is 8.04. The second-order valence-corrected chi connectivity index (χ2v) is 4.59. The van der Waals surface area contributed by atoms with E-state index in [1.54, 1.807) is 0 Å². The highest BCUT2D eigenvalue weighted by molar-refractivity contribution is 5.51. The molecule has 18 heavy (non-hydrogen) atoms. The van der Waals surface area contributed by atoms with Crippen LogP contribution in [-0.4, -0.2) is 14.8 Å². The number of hydrogen-bond donors (Lipinski definition) is 1. The zero-order valence-electron chi connectivity index (χ0n) is 10.3. The van der Waals surface area contributed by atoms with Crippen molar-refractivity contribution in [3.63, 3.8) is 0 Å². The molecule has 5 nitrogen and oxygen atoms in total. The Bertz CT molecular complexity index is 560. The van der Waals surface area contributed by atoms with E-state index in [-0.39, 0.29) is 0 Å². The van der Waals surface area contributed by atoms with Gasteiger partial charge in [-0.3, -0.25) is 0 Å². The molecule has 1 aromatic carbocycles. The van der Waals surface area contributed by atoms with Crippen molar-refractivity contribution < 1.29 is 4.74 Å². The van der Waals surface area contributed by atoms with Gasteiger partial charge in [-0.2, -0.15) is 0 Å². The van der Waals surface area contributed by atoms with Crippen LogP contribution in [0.4, 0.5) is 5.69 Å². The highest BCUT2D eigenvalue weighted by Crippen LogP contribution is 2.36. The van der Waals surface area contributed by atoms with Crippen molar-refractivity contribution in [2.24, 2.45) is 0 Å². The number of para-hydroxylation sites is 2. The van der Waals surface area contributed by atoms with E-state index in [9.17, 15) is 0 Å². The quantitative estimate of drug-likeness (QED) is 0.836. The zero-order valence-corrected chi connectivity index (χ0v) is 10.3. The third-order valence-corrected chi connectivity index (χ3v) is 3.12. The van der Waals surface area contributed by atoms with Crippen LogP contribution in [0.5, 0.6) is 5.75 Å². The molecule has 0 amide bonds. The van der Waals surface area contributed by atoms with Gasteiger partial charge in [0.1, 0.15) is 18.2 Å². The Morgan fingerprint density at radius 1 is 1.33 bits per heavy atom. The Balaban J connectivity index is 1.76. The molecule has 5 heteroatoms. The third-order valence-electron chi connectivity index (χ3n) is 3.12. The fourth-order valence-electron chi connectivity index (χ4n) is 2.07. The van der Waals surface area contributed by atoms with E-state index in [4.69, 9.17) is 10.5 Å². The van der Waals surface area contributed by atoms with E-state index < -0.39 is 0 Å². The van der Waals surface area contributed by atoms with Gasteiger partial charge in [0.25, 0.3) is 0 Å². The molecular formula is C13H16N4O. The van der Waals surface area contributed by atoms with Crippen LogP contribution < -0.4 is 10.5 Å². The van der Waals surface area contributed by atoms with Gasteiger partial charge in [-0.15, -0.1) is 10.2 Å². The van der Waals surface area contributed by atoms with Crippen molar-refractivity contribution >= 4 is 5.69 Å². The molecule has 0 aliphatic heterocycles. The first-order chi connectivity index (χ1) is 8.75. The maximum atomic E-state index is 5.83. The molecule has 1 aliphatic carbocycles. The summed E-state index contributed by atoms with van der Waals surface area (Å²) < 4.78 is 7.87. The van der Waals surface area contributed by atoms with E-state index in [2.05, 4.69) is 14.8 Å². The Morgan fingerprint density at radius 2 is 2.11 bits per heavy atom. The van der Waals surface area contributed by atoms with Gasteiger partial charge in [0.05, 0.1) is 5.69 Å². The van der Waals surface area contributed by atoms with Gasteiger partial charge in [0.2, 0.25) is 0 Å². The van der Waals surface area contributed by atoms with E-state index in [0.29, 0.717) is 24.1 Å². The number of benzene rings is 1. The van der Waals surface area contributed by atoms with Crippen LogP contribution in [0.1, 0.15) is 30.5 Å². The van der Waals surface area contributed by atoms with Gasteiger partial charge >= 0.3 is 0 Å². The lowest BCUT2D eigenvalue weighted by atomic mass is 10.3. The van der Waals surface area contributed by atoms with Crippen LogP contribution >= 0.6 is 0 Å². The largest absolute Gasteiger partial charge is 0.483 e. The first-order valence-electron chi connectivity index (χ1n) is 6.13. The van der Waals surface area contributed by atoms with Crippen molar-refractivity contribution in [2.45, 2.75) is 32.4 Å². The van der Waals surface area contributed by atoms with Crippen molar-refractivity contribution in [3.8, 4) is 5.75 Å². The minimum absolute atomic E-state index is 0.408. The minimum Gasteiger partial charge on any atom is -0.483 e. The molecule has 2 N–H and O–H groups in total. The lowest BCUT2D eigenvalue weighted by Crippen LogP contribution is -2.07. The van der Waals surface area contributed by atoms with Gasteiger partial charge in [0.15, 0.2) is 5.82 Å². The fraction of sp³-hybridized carbons (Fsp3) is 0.385. The van der Waals surface area contributed by atoms with E-state index >= 15 is 0 Å². The summed E-state index contributed by atoms with van der Waals surface area (Å²) in [7, 11) is 0. The molecule has 0 atom stereocenters. The summed E-state index contributed by atoms with van der Waals surface area (Å²) in [6.07, 6.45) is 2.42. The molecule has 1 aromatic heterocycles. The molecule has 0 unspecified atom stereocenters. The SMILES string of the molecule is Cc1nnc(COc2ccccc2N)n1C1CC1. The van der Waals surface area contributed by atoms with Crippen molar-refractivity contribution in [2.75, 3.05) is 5.73 Å². The Morgan fingerprint density at radius 3 is 2.83 bits per heavy atom. The van der Waals surface area contributed by atoms with Gasteiger partial charge in [0, 0.05) is 6.04 Å². The highest BCUT2D eigenvalue weighted by atomic mass is 16.5. The monoisotopic (exact) mass is 244 g/mol. The second-order valence-electron chi connectivity index (χ2n) is 4.59. The molecule has 94 valence electrons. The normalized spacial score (nSPS) is 14.7. The molecule has 2 aromatic rings. The number of anilines is 1. The van der Waals surface area contributed by atoms with Gasteiger partial charge in [-0.25, -0.2) is 0 Å². The second kappa shape index (κ2) is 4.33. The highest BCUT2D eigenvalue weighted by Gasteiger charge is 2.28. The average molecular weight is 244 g/mol. The smallest absolute Gasteiger partial charge is 0.171 e. The van der Waals surface area contributed by atoms with Crippen LogP contribution in [0.2, 0.25) is 0 Å². The number of rotatable bonds is 4. The third kappa shape index (κ3) is 2.03. The van der Waals surface area contributed by atoms with Gasteiger partial charge < -0.3 is 15.0 Å². The summed E-state index contributed by atoms with van der Waals surface area (Å²) in [5.74, 6) is 2.52. The number of ether oxygens (including phenoxy) is 1. The minimum atomic E-state index is 0.408. The topological polar surface area (TPSA) is 66.0 Å². The molecule has 1 fully saturated rings. The van der Waals surface area contributed by atoms with Crippen LogP contribution in [0.25, 0.3) is 0 Å². The average Bonchev–Trinajstić information content (AvgIpc) is 3.13. The van der Waals surface area contributed by atoms with Crippen LogP contribution in [0.3, 0.4) is 0 Å². The van der Waals surface area contributed by atoms with Crippen molar-refractivity contribution in [3.05, 3.63) is 35.9 Å². The van der Waals surface area contributed by atoms with E-state index in [1.165, 1.54) is 12.8 Å². The molecule has 0 saturated heterocycles. The number of nitrogens with zero attached hydrogens (tertiary/aromatic N) is 3. The molecule has 0 bridgehead atoms. The molecule has 1 aliphatic rings. The summed E-state index contributed by atoms with van der Waals surface area (Å²) in [6.45, 7) is 2.39. The Kier molecular flexibility index (Phi) is 2.66. The lowest BCUT2D eigenvalue weighted by molar-refractivity contribution is 0.290. The van der Waals surface area contributed by atoms with Crippen LogP contribution in [-0.2, 0) is 6.61 Å². The zero-order chi connectivity index (χ0) is 12.5. The van der Waals surface area contributed by atoms with Crippen LogP contribution in [0.15, 0.2) is 24.3 Å². The maximum absolute atomic E-state index is 5.83. The number of nitrogens with two attached hydrogens (primary N) is 1. The lowest BCUT2D eigenvalue weighted by Gasteiger charge is -2.10. The molecule has 0 radical (unpaired) electrons. The van der Waals surface area contributed by atoms with Gasteiger partial charge in [-0.05, 0) is 31.9 Å². The summed E-state index contributed by atoms with van der Waals surface area (Å²) in [5, 5.41) is 8.28. The first kappa shape index (κ1) is 11.1. The predicted octanol–water partition coefficient (Wildman–Crippen LogP) is 2.08. The van der Waals surface area contributed by atoms with E-state index in [1.807, 2.05) is 31.2 Å². The summed E-state index contributed by atoms with van der Waals surface area (Å²) in [5.41, 5.74) is 6.48. The first-order valence-corrected chi connectivity index (χ1v) is 6.13. The molecular weight excluding hydrogens is 228 g/mol. The van der Waals surface area contributed by atoms with Crippen molar-refractivity contribution in [1.82, 2.24) is 14.8 Å². The Hall–Kier alpha value is -2.04. The molecule has 1 saturated carbocycles. The molecule has 1 heterocycles. The number of nitrogen functional groups attached to an aromatic ring is 1. The van der Waals surface area contributed by atoms with Crippen molar-refractivity contribution in [1.29, 1.82) is 0 Å². The predicted molar refractivity (Wildman–Crippen MR) is 68.2 cm³/mol. The number of aryl methyl sites for hydroxylation is 1. The Labute approximate surface area is 106 Å². The summed E-state index contributed by atoms with van der Waals surface area (Å²) in [4.78, 5) is 0. The van der Waals surface area contributed by atoms with Gasteiger partial charge in [-0.1, -0.05) is 12.1 Å².